The molecule has 0 N–H and O–H groups in total. The van der Waals surface area contributed by atoms with Gasteiger partial charge in [0.25, 0.3) is 10.0 Å². The quantitative estimate of drug-likeness (QED) is 0.259. The Balaban J connectivity index is 1.58. The highest BCUT2D eigenvalue weighted by molar-refractivity contribution is 7.93. The van der Waals surface area contributed by atoms with Crippen LogP contribution in [0.15, 0.2) is 90.0 Å². The van der Waals surface area contributed by atoms with Crippen LogP contribution in [0, 0.1) is 11.3 Å². The normalized spacial score (nSPS) is 11.4. The molecule has 0 amide bonds. The van der Waals surface area contributed by atoms with Gasteiger partial charge >= 0.3 is 5.97 Å². The van der Waals surface area contributed by atoms with E-state index in [1.807, 2.05) is 31.3 Å². The lowest BCUT2D eigenvalue weighted by atomic mass is 10.1. The number of benzene rings is 3. The third kappa shape index (κ3) is 5.07. The number of nitrogens with zero attached hydrogens (tertiary/aromatic N) is 4. The number of sulfonamides is 1. The first-order valence-corrected chi connectivity index (χ1v) is 13.9. The number of anilines is 1. The van der Waals surface area contributed by atoms with E-state index in [0.29, 0.717) is 28.6 Å². The third-order valence-corrected chi connectivity index (χ3v) is 8.43. The first kappa shape index (κ1) is 25.9. The standard InChI is InChI=1S/C30H26N4O4S/c1-3-38-29(35)20-34(39(36,37)28-8-4-6-23-7-5-15-32-30(23)28)25-13-14-27-24(17-25)18-26(33(27)2)16-21-9-11-22(19-31)12-10-21/h4-15,17-18H,3,16,20H2,1-2H3. The molecule has 0 bridgehead atoms. The number of rotatable bonds is 8. The number of carbonyl (C=O) groups is 1. The molecule has 9 heteroatoms. The third-order valence-electron chi connectivity index (χ3n) is 6.62. The highest BCUT2D eigenvalue weighted by Crippen LogP contribution is 2.31. The maximum Gasteiger partial charge on any atom is 0.326 e. The molecule has 0 fully saturated rings. The molecule has 0 aliphatic rings. The molecule has 2 aromatic heterocycles. The number of esters is 1. The zero-order valence-electron chi connectivity index (χ0n) is 21.5. The van der Waals surface area contributed by atoms with E-state index in [2.05, 4.69) is 15.6 Å². The average molecular weight is 539 g/mol. The van der Waals surface area contributed by atoms with Gasteiger partial charge < -0.3 is 9.30 Å². The van der Waals surface area contributed by atoms with Gasteiger partial charge in [-0.3, -0.25) is 14.1 Å². The molecule has 0 aliphatic carbocycles. The Morgan fingerprint density at radius 3 is 2.54 bits per heavy atom. The fourth-order valence-electron chi connectivity index (χ4n) is 4.67. The first-order valence-electron chi connectivity index (χ1n) is 12.4. The van der Waals surface area contributed by atoms with Crippen LogP contribution in [0.3, 0.4) is 0 Å². The number of carbonyl (C=O) groups excluding carboxylic acids is 1. The summed E-state index contributed by atoms with van der Waals surface area (Å²) in [6.45, 7) is 1.34. The molecule has 196 valence electrons. The molecular formula is C30H26N4O4S. The van der Waals surface area contributed by atoms with E-state index in [0.717, 1.165) is 26.5 Å². The number of para-hydroxylation sites is 1. The minimum absolute atomic E-state index is 0.0135. The Kier molecular flexibility index (Phi) is 7.05. The first-order chi connectivity index (χ1) is 18.8. The van der Waals surface area contributed by atoms with Crippen molar-refractivity contribution in [1.29, 1.82) is 5.26 Å². The predicted molar refractivity (Wildman–Crippen MR) is 150 cm³/mol. The molecule has 0 atom stereocenters. The molecule has 8 nitrogen and oxygen atoms in total. The van der Waals surface area contributed by atoms with Crippen molar-refractivity contribution in [1.82, 2.24) is 9.55 Å². The number of ether oxygens (including phenoxy) is 1. The second-order valence-electron chi connectivity index (χ2n) is 9.07. The summed E-state index contributed by atoms with van der Waals surface area (Å²) in [4.78, 5) is 16.9. The minimum Gasteiger partial charge on any atom is -0.465 e. The summed E-state index contributed by atoms with van der Waals surface area (Å²) in [6, 6.07) is 25.4. The lowest BCUT2D eigenvalue weighted by molar-refractivity contribution is -0.141. The van der Waals surface area contributed by atoms with Crippen molar-refractivity contribution in [2.24, 2.45) is 7.05 Å². The van der Waals surface area contributed by atoms with Crippen LogP contribution in [0.4, 0.5) is 5.69 Å². The second kappa shape index (κ2) is 10.6. The molecule has 0 saturated carbocycles. The van der Waals surface area contributed by atoms with Crippen molar-refractivity contribution >= 4 is 43.5 Å². The largest absolute Gasteiger partial charge is 0.465 e. The fraction of sp³-hybridized carbons (Fsp3) is 0.167. The summed E-state index contributed by atoms with van der Waals surface area (Å²) in [6.07, 6.45) is 2.18. The summed E-state index contributed by atoms with van der Waals surface area (Å²) in [7, 11) is -2.23. The predicted octanol–water partition coefficient (Wildman–Crippen LogP) is 4.95. The number of pyridine rings is 1. The van der Waals surface area contributed by atoms with E-state index in [1.54, 1.807) is 61.7 Å². The van der Waals surface area contributed by atoms with Crippen LogP contribution in [0.5, 0.6) is 0 Å². The Hall–Kier alpha value is -4.68. The van der Waals surface area contributed by atoms with E-state index < -0.39 is 22.5 Å². The van der Waals surface area contributed by atoms with Gasteiger partial charge in [-0.25, -0.2) is 8.42 Å². The van der Waals surface area contributed by atoms with Crippen molar-refractivity contribution < 1.29 is 17.9 Å². The molecule has 3 aromatic carbocycles. The molecule has 39 heavy (non-hydrogen) atoms. The number of hydrogen-bond donors (Lipinski definition) is 0. The Morgan fingerprint density at radius 1 is 1.03 bits per heavy atom. The number of nitriles is 1. The average Bonchev–Trinajstić information content (AvgIpc) is 3.25. The van der Waals surface area contributed by atoms with Crippen LogP contribution < -0.4 is 4.31 Å². The van der Waals surface area contributed by atoms with Crippen LogP contribution in [0.25, 0.3) is 21.8 Å². The summed E-state index contributed by atoms with van der Waals surface area (Å²) >= 11 is 0. The van der Waals surface area contributed by atoms with Crippen LogP contribution in [-0.4, -0.2) is 37.1 Å². The van der Waals surface area contributed by atoms with Gasteiger partial charge in [-0.2, -0.15) is 5.26 Å². The molecular weight excluding hydrogens is 512 g/mol. The summed E-state index contributed by atoms with van der Waals surface area (Å²) < 4.78 is 36.3. The topological polar surface area (TPSA) is 105 Å². The van der Waals surface area contributed by atoms with Gasteiger partial charge in [0.05, 0.1) is 29.4 Å². The van der Waals surface area contributed by atoms with Crippen LogP contribution in [0.2, 0.25) is 0 Å². The van der Waals surface area contributed by atoms with Crippen molar-refractivity contribution in [3.05, 3.63) is 102 Å². The highest BCUT2D eigenvalue weighted by Gasteiger charge is 2.30. The zero-order chi connectivity index (χ0) is 27.6. The molecule has 0 unspecified atom stereocenters. The van der Waals surface area contributed by atoms with E-state index in [-0.39, 0.29) is 11.5 Å². The smallest absolute Gasteiger partial charge is 0.326 e. The van der Waals surface area contributed by atoms with E-state index in [4.69, 9.17) is 10.00 Å². The second-order valence-corrected chi connectivity index (χ2v) is 10.9. The SMILES string of the molecule is CCOC(=O)CN(c1ccc2c(c1)cc(Cc1ccc(C#N)cc1)n2C)S(=O)(=O)c1cccc2cccnc12. The van der Waals surface area contributed by atoms with E-state index in [1.165, 1.54) is 6.07 Å². The molecule has 5 rings (SSSR count). The van der Waals surface area contributed by atoms with Gasteiger partial charge in [0, 0.05) is 41.6 Å². The van der Waals surface area contributed by atoms with Crippen LogP contribution in [-0.2, 0) is 33.0 Å². The molecule has 0 radical (unpaired) electrons. The van der Waals surface area contributed by atoms with Gasteiger partial charge in [-0.05, 0) is 61.0 Å². The maximum atomic E-state index is 14.0. The summed E-state index contributed by atoms with van der Waals surface area (Å²) in [5.41, 5.74) is 4.27. The van der Waals surface area contributed by atoms with E-state index >= 15 is 0 Å². The van der Waals surface area contributed by atoms with Crippen molar-refractivity contribution in [3.63, 3.8) is 0 Å². The zero-order valence-corrected chi connectivity index (χ0v) is 22.4. The van der Waals surface area contributed by atoms with Crippen molar-refractivity contribution in [2.75, 3.05) is 17.5 Å². The molecule has 0 saturated heterocycles. The van der Waals surface area contributed by atoms with E-state index in [9.17, 15) is 13.2 Å². The Labute approximate surface area is 226 Å². The van der Waals surface area contributed by atoms with Gasteiger partial charge in [-0.15, -0.1) is 0 Å². The number of hydrogen-bond acceptors (Lipinski definition) is 6. The fourth-order valence-corrected chi connectivity index (χ4v) is 6.24. The van der Waals surface area contributed by atoms with Gasteiger partial charge in [-0.1, -0.05) is 30.3 Å². The lowest BCUT2D eigenvalue weighted by Crippen LogP contribution is -2.36. The molecule has 0 spiro atoms. The van der Waals surface area contributed by atoms with Crippen LogP contribution in [0.1, 0.15) is 23.7 Å². The number of aromatic nitrogens is 2. The molecule has 5 aromatic rings. The minimum atomic E-state index is -4.18. The highest BCUT2D eigenvalue weighted by atomic mass is 32.2. The summed E-state index contributed by atoms with van der Waals surface area (Å²) in [5, 5.41) is 10.6. The summed E-state index contributed by atoms with van der Waals surface area (Å²) in [5.74, 6) is -0.649. The Bertz CT molecular complexity index is 1830. The lowest BCUT2D eigenvalue weighted by Gasteiger charge is -2.24. The van der Waals surface area contributed by atoms with Gasteiger partial charge in [0.1, 0.15) is 11.4 Å². The number of aryl methyl sites for hydroxylation is 1. The number of fused-ring (bicyclic) bond motifs is 2. The molecule has 0 aliphatic heterocycles. The van der Waals surface area contributed by atoms with Crippen molar-refractivity contribution in [3.8, 4) is 6.07 Å². The Morgan fingerprint density at radius 2 is 1.79 bits per heavy atom. The molecule has 2 heterocycles. The van der Waals surface area contributed by atoms with Crippen LogP contribution >= 0.6 is 0 Å². The van der Waals surface area contributed by atoms with Gasteiger partial charge in [0.15, 0.2) is 0 Å². The van der Waals surface area contributed by atoms with Crippen molar-refractivity contribution in [2.45, 2.75) is 18.2 Å². The monoisotopic (exact) mass is 538 g/mol. The maximum absolute atomic E-state index is 14.0. The van der Waals surface area contributed by atoms with Gasteiger partial charge in [0.2, 0.25) is 0 Å².